The number of carbonyl (C=O) groups is 3. The van der Waals surface area contributed by atoms with Gasteiger partial charge in [-0.3, -0.25) is 14.4 Å². The monoisotopic (exact) mass is 466 g/mol. The summed E-state index contributed by atoms with van der Waals surface area (Å²) in [6.45, 7) is 18.6. The van der Waals surface area contributed by atoms with Gasteiger partial charge in [-0.2, -0.15) is 0 Å². The molecule has 188 valence electrons. The fourth-order valence-corrected chi connectivity index (χ4v) is 5.92. The molecule has 0 amide bonds. The maximum absolute atomic E-state index is 14.4. The summed E-state index contributed by atoms with van der Waals surface area (Å²) in [5.41, 5.74) is 2.06. The van der Waals surface area contributed by atoms with E-state index in [0.29, 0.717) is 19.3 Å². The van der Waals surface area contributed by atoms with Crippen molar-refractivity contribution >= 4 is 17.3 Å². The van der Waals surface area contributed by atoms with Crippen LogP contribution in [0.3, 0.4) is 0 Å². The van der Waals surface area contributed by atoms with Gasteiger partial charge in [0.25, 0.3) is 0 Å². The molecule has 2 aliphatic carbocycles. The number of hydrogen-bond acceptors (Lipinski definition) is 3. The molecular formula is C31H46O3. The molecule has 2 fully saturated rings. The standard InChI is InChI=1S/C31H46O3/c1-21(2)11-10-12-24(7)16-17-30-20-25(14-13-22(3)4)29(8,9)31(28(30)34,18-15-23(5)6)27(33)19-26(30)32/h11,13,15-16,25H,10,12,14,17-20H2,1-9H3. The van der Waals surface area contributed by atoms with Crippen molar-refractivity contribution in [1.82, 2.24) is 0 Å². The van der Waals surface area contributed by atoms with Crippen molar-refractivity contribution < 1.29 is 14.4 Å². The lowest BCUT2D eigenvalue weighted by molar-refractivity contribution is -0.180. The first-order chi connectivity index (χ1) is 15.7. The van der Waals surface area contributed by atoms with Crippen molar-refractivity contribution in [2.24, 2.45) is 22.2 Å². The maximum atomic E-state index is 14.4. The Kier molecular flexibility index (Phi) is 8.88. The average Bonchev–Trinajstić information content (AvgIpc) is 2.71. The van der Waals surface area contributed by atoms with E-state index in [1.54, 1.807) is 0 Å². The zero-order valence-corrected chi connectivity index (χ0v) is 23.1. The lowest BCUT2D eigenvalue weighted by Gasteiger charge is -2.60. The van der Waals surface area contributed by atoms with Crippen LogP contribution in [0.4, 0.5) is 0 Å². The molecule has 3 unspecified atom stereocenters. The molecule has 0 aromatic carbocycles. The number of Topliss-reactive ketones (excluding diaryl/α,β-unsaturated/α-hetero) is 3. The minimum absolute atomic E-state index is 0.0817. The SMILES string of the molecule is CC(C)=CCCC(C)=CCC12CC(CC=C(C)C)C(C)(C)C(CC=C(C)C)(C(=O)CC1=O)C2=O. The van der Waals surface area contributed by atoms with E-state index in [1.165, 1.54) is 16.7 Å². The average molecular weight is 467 g/mol. The van der Waals surface area contributed by atoms with Crippen LogP contribution in [0.15, 0.2) is 46.6 Å². The van der Waals surface area contributed by atoms with E-state index in [2.05, 4.69) is 66.7 Å². The van der Waals surface area contributed by atoms with Crippen LogP contribution in [-0.2, 0) is 14.4 Å². The second-order valence-corrected chi connectivity index (χ2v) is 12.0. The fourth-order valence-electron chi connectivity index (χ4n) is 5.92. The van der Waals surface area contributed by atoms with Crippen LogP contribution in [0.2, 0.25) is 0 Å². The quantitative estimate of drug-likeness (QED) is 0.256. The summed E-state index contributed by atoms with van der Waals surface area (Å²) < 4.78 is 0. The van der Waals surface area contributed by atoms with Gasteiger partial charge >= 0.3 is 0 Å². The highest BCUT2D eigenvalue weighted by molar-refractivity contribution is 6.28. The zero-order chi connectivity index (χ0) is 25.9. The normalized spacial score (nSPS) is 28.4. The minimum Gasteiger partial charge on any atom is -0.298 e. The number of hydrogen-bond donors (Lipinski definition) is 0. The van der Waals surface area contributed by atoms with Crippen LogP contribution in [-0.4, -0.2) is 17.3 Å². The van der Waals surface area contributed by atoms with Gasteiger partial charge < -0.3 is 0 Å². The summed E-state index contributed by atoms with van der Waals surface area (Å²) in [5.74, 6) is -0.378. The number of carbonyl (C=O) groups excluding carboxylic acids is 3. The molecule has 2 saturated carbocycles. The lowest BCUT2D eigenvalue weighted by atomic mass is 9.39. The van der Waals surface area contributed by atoms with Gasteiger partial charge in [0.1, 0.15) is 0 Å². The van der Waals surface area contributed by atoms with Crippen molar-refractivity contribution in [3.8, 4) is 0 Å². The van der Waals surface area contributed by atoms with Crippen LogP contribution >= 0.6 is 0 Å². The third-order valence-corrected chi connectivity index (χ3v) is 8.39. The summed E-state index contributed by atoms with van der Waals surface area (Å²) in [5, 5.41) is 0. The first-order valence-corrected chi connectivity index (χ1v) is 12.9. The molecule has 0 spiro atoms. The second kappa shape index (κ2) is 10.7. The first-order valence-electron chi connectivity index (χ1n) is 12.9. The van der Waals surface area contributed by atoms with Gasteiger partial charge in [0.2, 0.25) is 0 Å². The summed E-state index contributed by atoms with van der Waals surface area (Å²) >= 11 is 0. The molecule has 0 aromatic heterocycles. The molecule has 0 saturated heterocycles. The van der Waals surface area contributed by atoms with E-state index in [-0.39, 0.29) is 29.7 Å². The highest BCUT2D eigenvalue weighted by atomic mass is 16.2. The minimum atomic E-state index is -1.14. The third-order valence-electron chi connectivity index (χ3n) is 8.39. The molecule has 3 nitrogen and oxygen atoms in total. The predicted molar refractivity (Wildman–Crippen MR) is 142 cm³/mol. The Bertz CT molecular complexity index is 943. The first kappa shape index (κ1) is 28.2. The van der Waals surface area contributed by atoms with Crippen molar-refractivity contribution in [2.45, 2.75) is 107 Å². The summed E-state index contributed by atoms with van der Waals surface area (Å²) in [6.07, 6.45) is 12.4. The molecular weight excluding hydrogens is 420 g/mol. The van der Waals surface area contributed by atoms with Gasteiger partial charge in [0.15, 0.2) is 17.3 Å². The van der Waals surface area contributed by atoms with E-state index < -0.39 is 16.2 Å². The molecule has 34 heavy (non-hydrogen) atoms. The molecule has 2 rings (SSSR count). The van der Waals surface area contributed by atoms with Gasteiger partial charge in [-0.15, -0.1) is 0 Å². The van der Waals surface area contributed by atoms with Crippen LogP contribution < -0.4 is 0 Å². The zero-order valence-electron chi connectivity index (χ0n) is 23.1. The molecule has 3 heteroatoms. The van der Waals surface area contributed by atoms with Crippen LogP contribution in [0.25, 0.3) is 0 Å². The number of fused-ring (bicyclic) bond motifs is 2. The molecule has 3 atom stereocenters. The molecule has 0 radical (unpaired) electrons. The highest BCUT2D eigenvalue weighted by Crippen LogP contribution is 2.64. The Balaban J connectivity index is 2.60. The van der Waals surface area contributed by atoms with E-state index >= 15 is 0 Å². The number of allylic oxidation sites excluding steroid dienone is 8. The largest absolute Gasteiger partial charge is 0.298 e. The molecule has 0 heterocycles. The third kappa shape index (κ3) is 5.29. The summed E-state index contributed by atoms with van der Waals surface area (Å²) in [6, 6.07) is 0. The number of rotatable bonds is 9. The topological polar surface area (TPSA) is 51.2 Å². The maximum Gasteiger partial charge on any atom is 0.161 e. The van der Waals surface area contributed by atoms with Crippen molar-refractivity contribution in [3.05, 3.63) is 46.6 Å². The van der Waals surface area contributed by atoms with Gasteiger partial charge in [-0.25, -0.2) is 0 Å². The molecule has 2 bridgehead atoms. The van der Waals surface area contributed by atoms with Crippen molar-refractivity contribution in [2.75, 3.05) is 0 Å². The van der Waals surface area contributed by atoms with Gasteiger partial charge in [-0.1, -0.05) is 60.4 Å². The van der Waals surface area contributed by atoms with Gasteiger partial charge in [0, 0.05) is 0 Å². The van der Waals surface area contributed by atoms with E-state index in [9.17, 15) is 14.4 Å². The van der Waals surface area contributed by atoms with Crippen molar-refractivity contribution in [1.29, 1.82) is 0 Å². The Morgan fingerprint density at radius 3 is 1.94 bits per heavy atom. The summed E-state index contributed by atoms with van der Waals surface area (Å²) in [7, 11) is 0. The Morgan fingerprint density at radius 2 is 1.38 bits per heavy atom. The Morgan fingerprint density at radius 1 is 0.794 bits per heavy atom. The van der Waals surface area contributed by atoms with Crippen LogP contribution in [0, 0.1) is 22.2 Å². The van der Waals surface area contributed by atoms with Crippen molar-refractivity contribution in [3.63, 3.8) is 0 Å². The Hall–Kier alpha value is -2.03. The second-order valence-electron chi connectivity index (χ2n) is 12.0. The van der Waals surface area contributed by atoms with E-state index in [1.807, 2.05) is 19.9 Å². The number of ketones is 3. The predicted octanol–water partition coefficient (Wildman–Crippen LogP) is 7.91. The Labute approximate surface area is 207 Å². The highest BCUT2D eigenvalue weighted by Gasteiger charge is 2.71. The fraction of sp³-hybridized carbons (Fsp3) is 0.645. The van der Waals surface area contributed by atoms with Crippen LogP contribution in [0.1, 0.15) is 107 Å². The van der Waals surface area contributed by atoms with E-state index in [4.69, 9.17) is 0 Å². The van der Waals surface area contributed by atoms with Gasteiger partial charge in [-0.05, 0) is 98.3 Å². The lowest BCUT2D eigenvalue weighted by Crippen LogP contribution is -2.68. The molecule has 0 N–H and O–H groups in total. The summed E-state index contributed by atoms with van der Waals surface area (Å²) in [4.78, 5) is 41.5. The van der Waals surface area contributed by atoms with Gasteiger partial charge in [0.05, 0.1) is 17.3 Å². The smallest absolute Gasteiger partial charge is 0.161 e. The molecule has 0 aliphatic heterocycles. The van der Waals surface area contributed by atoms with Crippen LogP contribution in [0.5, 0.6) is 0 Å². The molecule has 2 aliphatic rings. The van der Waals surface area contributed by atoms with E-state index in [0.717, 1.165) is 24.8 Å². The molecule has 0 aromatic rings.